The van der Waals surface area contributed by atoms with Crippen LogP contribution in [0, 0.1) is 11.3 Å². The van der Waals surface area contributed by atoms with Gasteiger partial charge in [0.25, 0.3) is 0 Å². The van der Waals surface area contributed by atoms with Gasteiger partial charge in [0.2, 0.25) is 0 Å². The fourth-order valence-corrected chi connectivity index (χ4v) is 2.08. The molecular weight excluding hydrogens is 250 g/mol. The molecule has 0 saturated heterocycles. The summed E-state index contributed by atoms with van der Waals surface area (Å²) in [6.45, 7) is 4.79. The van der Waals surface area contributed by atoms with Crippen molar-refractivity contribution in [2.45, 2.75) is 26.3 Å². The zero-order valence-electron chi connectivity index (χ0n) is 12.0. The van der Waals surface area contributed by atoms with E-state index in [1.165, 1.54) is 0 Å². The molecule has 2 rings (SSSR count). The van der Waals surface area contributed by atoms with Gasteiger partial charge >= 0.3 is 0 Å². The second-order valence-electron chi connectivity index (χ2n) is 5.09. The molecule has 0 saturated carbocycles. The third kappa shape index (κ3) is 2.75. The van der Waals surface area contributed by atoms with Gasteiger partial charge in [0.1, 0.15) is 5.82 Å². The number of nitriles is 1. The van der Waals surface area contributed by atoms with Gasteiger partial charge < -0.3 is 11.1 Å². The van der Waals surface area contributed by atoms with Crippen LogP contribution in [0.2, 0.25) is 0 Å². The van der Waals surface area contributed by atoms with E-state index in [2.05, 4.69) is 30.3 Å². The molecule has 0 atom stereocenters. The Morgan fingerprint density at radius 3 is 2.50 bits per heavy atom. The second kappa shape index (κ2) is 5.66. The largest absolute Gasteiger partial charge is 0.394 e. The van der Waals surface area contributed by atoms with Gasteiger partial charge in [0, 0.05) is 13.6 Å². The van der Waals surface area contributed by atoms with Crippen LogP contribution in [0.1, 0.15) is 36.6 Å². The minimum Gasteiger partial charge on any atom is -0.394 e. The molecule has 1 aromatic carbocycles. The minimum absolute atomic E-state index is 0.298. The number of nitrogen functional groups attached to an aromatic ring is 1. The highest BCUT2D eigenvalue weighted by atomic mass is 15.3. The number of hydrogen-bond acceptors (Lipinski definition) is 4. The number of hydrogen-bond donors (Lipinski definition) is 2. The van der Waals surface area contributed by atoms with E-state index in [0.717, 1.165) is 17.1 Å². The van der Waals surface area contributed by atoms with E-state index in [1.807, 2.05) is 31.3 Å². The summed E-state index contributed by atoms with van der Waals surface area (Å²) in [5, 5.41) is 16.5. The molecule has 0 unspecified atom stereocenters. The van der Waals surface area contributed by atoms with Crippen LogP contribution in [-0.2, 0) is 13.6 Å². The predicted molar refractivity (Wildman–Crippen MR) is 80.2 cm³/mol. The van der Waals surface area contributed by atoms with Gasteiger partial charge in [-0.2, -0.15) is 10.4 Å². The quantitative estimate of drug-likeness (QED) is 0.894. The molecule has 1 heterocycles. The first kappa shape index (κ1) is 13.9. The first-order valence-corrected chi connectivity index (χ1v) is 6.58. The van der Waals surface area contributed by atoms with Crippen LogP contribution in [0.5, 0.6) is 0 Å². The summed E-state index contributed by atoms with van der Waals surface area (Å²) in [6, 6.07) is 9.59. The van der Waals surface area contributed by atoms with Crippen LogP contribution in [0.4, 0.5) is 11.5 Å². The zero-order valence-corrected chi connectivity index (χ0v) is 12.0. The number of nitrogens with two attached hydrogens (primary N) is 1. The summed E-state index contributed by atoms with van der Waals surface area (Å²) < 4.78 is 1.77. The molecule has 0 bridgehead atoms. The van der Waals surface area contributed by atoms with E-state index in [-0.39, 0.29) is 0 Å². The van der Waals surface area contributed by atoms with Crippen molar-refractivity contribution in [2.24, 2.45) is 7.05 Å². The molecule has 0 aliphatic carbocycles. The maximum absolute atomic E-state index is 8.77. The zero-order chi connectivity index (χ0) is 14.7. The van der Waals surface area contributed by atoms with Gasteiger partial charge in [-0.25, -0.2) is 0 Å². The molecule has 5 nitrogen and oxygen atoms in total. The molecule has 0 radical (unpaired) electrons. The molecule has 0 aliphatic heterocycles. The van der Waals surface area contributed by atoms with Crippen molar-refractivity contribution in [3.8, 4) is 6.07 Å². The molecule has 0 fully saturated rings. The van der Waals surface area contributed by atoms with Crippen molar-refractivity contribution in [3.05, 3.63) is 41.1 Å². The third-order valence-electron chi connectivity index (χ3n) is 3.20. The van der Waals surface area contributed by atoms with Gasteiger partial charge in [-0.1, -0.05) is 26.0 Å². The lowest BCUT2D eigenvalue weighted by Gasteiger charge is -2.08. The van der Waals surface area contributed by atoms with Crippen LogP contribution >= 0.6 is 0 Å². The fourth-order valence-electron chi connectivity index (χ4n) is 2.08. The Morgan fingerprint density at radius 1 is 1.35 bits per heavy atom. The smallest absolute Gasteiger partial charge is 0.148 e. The Morgan fingerprint density at radius 2 is 2.00 bits per heavy atom. The highest BCUT2D eigenvalue weighted by molar-refractivity contribution is 5.65. The van der Waals surface area contributed by atoms with Crippen LogP contribution in [0.15, 0.2) is 24.3 Å². The number of rotatable bonds is 4. The Labute approximate surface area is 119 Å². The van der Waals surface area contributed by atoms with Crippen molar-refractivity contribution in [1.82, 2.24) is 9.78 Å². The number of anilines is 2. The van der Waals surface area contributed by atoms with Crippen LogP contribution in [0.25, 0.3) is 0 Å². The molecule has 0 aliphatic rings. The molecule has 0 spiro atoms. The van der Waals surface area contributed by atoms with Crippen LogP contribution in [0.3, 0.4) is 0 Å². The standard InChI is InChI=1S/C15H19N5/c1-10(2)14-13(17)15(20(3)19-14)18-9-12-6-4-11(8-16)5-7-12/h4-7,10,18H,9,17H2,1-3H3. The highest BCUT2D eigenvalue weighted by Crippen LogP contribution is 2.27. The van der Waals surface area contributed by atoms with Crippen LogP contribution < -0.4 is 11.1 Å². The second-order valence-corrected chi connectivity index (χ2v) is 5.09. The first-order chi connectivity index (χ1) is 9.52. The first-order valence-electron chi connectivity index (χ1n) is 6.58. The summed E-state index contributed by atoms with van der Waals surface area (Å²) >= 11 is 0. The van der Waals surface area contributed by atoms with Gasteiger partial charge in [-0.05, 0) is 23.6 Å². The lowest BCUT2D eigenvalue weighted by Crippen LogP contribution is -2.06. The molecule has 2 aromatic rings. The number of benzene rings is 1. The molecule has 20 heavy (non-hydrogen) atoms. The maximum atomic E-state index is 8.77. The predicted octanol–water partition coefficient (Wildman–Crippen LogP) is 2.61. The van der Waals surface area contributed by atoms with Crippen molar-refractivity contribution < 1.29 is 0 Å². The van der Waals surface area contributed by atoms with Gasteiger partial charge in [-0.3, -0.25) is 4.68 Å². The average Bonchev–Trinajstić information content (AvgIpc) is 2.72. The van der Waals surface area contributed by atoms with Crippen molar-refractivity contribution in [1.29, 1.82) is 5.26 Å². The summed E-state index contributed by atoms with van der Waals surface area (Å²) in [4.78, 5) is 0. The summed E-state index contributed by atoms with van der Waals surface area (Å²) in [7, 11) is 1.88. The number of nitrogens with zero attached hydrogens (tertiary/aromatic N) is 3. The Bertz CT molecular complexity index is 632. The van der Waals surface area contributed by atoms with Gasteiger partial charge in [-0.15, -0.1) is 0 Å². The van der Waals surface area contributed by atoms with Crippen molar-refractivity contribution in [2.75, 3.05) is 11.1 Å². The summed E-state index contributed by atoms with van der Waals surface area (Å²) in [6.07, 6.45) is 0. The van der Waals surface area contributed by atoms with Crippen molar-refractivity contribution in [3.63, 3.8) is 0 Å². The topological polar surface area (TPSA) is 79.7 Å². The molecule has 3 N–H and O–H groups in total. The van der Waals surface area contributed by atoms with Gasteiger partial charge in [0.15, 0.2) is 0 Å². The number of nitrogens with one attached hydrogen (secondary N) is 1. The molecule has 1 aromatic heterocycles. The van der Waals surface area contributed by atoms with E-state index in [1.54, 1.807) is 4.68 Å². The van der Waals surface area contributed by atoms with Crippen molar-refractivity contribution >= 4 is 11.5 Å². The Kier molecular flexibility index (Phi) is 3.94. The lowest BCUT2D eigenvalue weighted by molar-refractivity contribution is 0.715. The molecule has 104 valence electrons. The van der Waals surface area contributed by atoms with Crippen LogP contribution in [-0.4, -0.2) is 9.78 Å². The SMILES string of the molecule is CC(C)c1nn(C)c(NCc2ccc(C#N)cc2)c1N. The number of aromatic nitrogens is 2. The minimum atomic E-state index is 0.298. The van der Waals surface area contributed by atoms with E-state index < -0.39 is 0 Å². The van der Waals surface area contributed by atoms with E-state index in [4.69, 9.17) is 11.0 Å². The fraction of sp³-hybridized carbons (Fsp3) is 0.333. The third-order valence-corrected chi connectivity index (χ3v) is 3.20. The summed E-state index contributed by atoms with van der Waals surface area (Å²) in [5.74, 6) is 1.13. The normalized spacial score (nSPS) is 10.6. The molecule has 5 heteroatoms. The highest BCUT2D eigenvalue weighted by Gasteiger charge is 2.15. The molecular formula is C15H19N5. The Hall–Kier alpha value is -2.48. The summed E-state index contributed by atoms with van der Waals surface area (Å²) in [5.41, 5.74) is 9.50. The lowest BCUT2D eigenvalue weighted by atomic mass is 10.1. The van der Waals surface area contributed by atoms with E-state index in [9.17, 15) is 0 Å². The monoisotopic (exact) mass is 269 g/mol. The average molecular weight is 269 g/mol. The van der Waals surface area contributed by atoms with E-state index >= 15 is 0 Å². The van der Waals surface area contributed by atoms with Gasteiger partial charge in [0.05, 0.1) is 23.0 Å². The Balaban J connectivity index is 2.12. The molecule has 0 amide bonds. The maximum Gasteiger partial charge on any atom is 0.148 e. The number of aryl methyl sites for hydroxylation is 1. The van der Waals surface area contributed by atoms with E-state index in [0.29, 0.717) is 23.7 Å².